The Bertz CT molecular complexity index is 703. The Kier molecular flexibility index (Phi) is 2.89. The van der Waals surface area contributed by atoms with Gasteiger partial charge in [-0.3, -0.25) is 0 Å². The van der Waals surface area contributed by atoms with Crippen LogP contribution < -0.4 is 5.73 Å². The molecular weight excluding hydrogens is 290 g/mol. The molecule has 4 heteroatoms. The van der Waals surface area contributed by atoms with Gasteiger partial charge in [-0.05, 0) is 17.5 Å². The van der Waals surface area contributed by atoms with Crippen molar-refractivity contribution in [3.8, 4) is 5.69 Å². The minimum atomic E-state index is 0.477. The van der Waals surface area contributed by atoms with E-state index in [1.165, 1.54) is 10.8 Å². The molecule has 0 saturated heterocycles. The second-order valence-corrected chi connectivity index (χ2v) is 4.93. The van der Waals surface area contributed by atoms with Crippen molar-refractivity contribution in [2.45, 2.75) is 6.54 Å². The molecule has 3 nitrogen and oxygen atoms in total. The number of fused-ring (bicyclic) bond motifs is 1. The summed E-state index contributed by atoms with van der Waals surface area (Å²) in [5.74, 6) is 0. The van der Waals surface area contributed by atoms with Crippen LogP contribution in [0.5, 0.6) is 0 Å². The lowest BCUT2D eigenvalue weighted by atomic mass is 10.1. The van der Waals surface area contributed by atoms with Crippen molar-refractivity contribution in [1.29, 1.82) is 0 Å². The molecule has 18 heavy (non-hydrogen) atoms. The fourth-order valence-corrected chi connectivity index (χ4v) is 2.62. The second-order valence-electron chi connectivity index (χ2n) is 4.07. The number of nitrogens with two attached hydrogens (primary N) is 1. The van der Waals surface area contributed by atoms with Gasteiger partial charge in [-0.1, -0.05) is 40.2 Å². The van der Waals surface area contributed by atoms with Crippen LogP contribution in [0.25, 0.3) is 16.5 Å². The highest BCUT2D eigenvalue weighted by Gasteiger charge is 2.08. The van der Waals surface area contributed by atoms with Crippen LogP contribution in [-0.2, 0) is 6.54 Å². The maximum Gasteiger partial charge on any atom is 0.0994 e. The van der Waals surface area contributed by atoms with E-state index >= 15 is 0 Å². The first-order valence-corrected chi connectivity index (χ1v) is 6.49. The van der Waals surface area contributed by atoms with E-state index < -0.39 is 0 Å². The van der Waals surface area contributed by atoms with Crippen molar-refractivity contribution in [2.24, 2.45) is 5.73 Å². The molecule has 0 spiro atoms. The third kappa shape index (κ3) is 1.74. The first-order valence-electron chi connectivity index (χ1n) is 5.70. The monoisotopic (exact) mass is 301 g/mol. The Balaban J connectivity index is 2.34. The molecule has 1 aromatic heterocycles. The van der Waals surface area contributed by atoms with E-state index in [1.807, 2.05) is 16.7 Å². The molecule has 0 aliphatic rings. The van der Waals surface area contributed by atoms with Crippen LogP contribution >= 0.6 is 15.9 Å². The van der Waals surface area contributed by atoms with Gasteiger partial charge >= 0.3 is 0 Å². The van der Waals surface area contributed by atoms with E-state index in [9.17, 15) is 0 Å². The summed E-state index contributed by atoms with van der Waals surface area (Å²) >= 11 is 3.58. The summed E-state index contributed by atoms with van der Waals surface area (Å²) in [6.07, 6.45) is 3.61. The van der Waals surface area contributed by atoms with Crippen LogP contribution in [0, 0.1) is 0 Å². The van der Waals surface area contributed by atoms with Gasteiger partial charge in [0.1, 0.15) is 0 Å². The number of nitrogens with zero attached hydrogens (tertiary/aromatic N) is 2. The molecule has 3 rings (SSSR count). The average Bonchev–Trinajstić information content (AvgIpc) is 2.88. The topological polar surface area (TPSA) is 43.8 Å². The lowest BCUT2D eigenvalue weighted by molar-refractivity contribution is 0.915. The highest BCUT2D eigenvalue weighted by molar-refractivity contribution is 9.10. The van der Waals surface area contributed by atoms with Crippen molar-refractivity contribution in [3.05, 3.63) is 59.1 Å². The molecule has 90 valence electrons. The van der Waals surface area contributed by atoms with Crippen molar-refractivity contribution < 1.29 is 0 Å². The maximum absolute atomic E-state index is 5.74. The third-order valence-corrected chi connectivity index (χ3v) is 3.72. The first-order chi connectivity index (χ1) is 8.81. The summed E-state index contributed by atoms with van der Waals surface area (Å²) < 4.78 is 3.13. The van der Waals surface area contributed by atoms with E-state index in [1.54, 1.807) is 12.5 Å². The normalized spacial score (nSPS) is 11.0. The Labute approximate surface area is 113 Å². The van der Waals surface area contributed by atoms with Crippen LogP contribution in [0.15, 0.2) is 53.4 Å². The minimum absolute atomic E-state index is 0.477. The number of imidazole rings is 1. The summed E-state index contributed by atoms with van der Waals surface area (Å²) in [7, 11) is 0. The lowest BCUT2D eigenvalue weighted by Crippen LogP contribution is -2.05. The largest absolute Gasteiger partial charge is 0.325 e. The first kappa shape index (κ1) is 11.4. The zero-order valence-corrected chi connectivity index (χ0v) is 11.3. The Hall–Kier alpha value is -1.65. The zero-order chi connectivity index (χ0) is 12.5. The molecule has 2 N–H and O–H groups in total. The van der Waals surface area contributed by atoms with Crippen molar-refractivity contribution in [1.82, 2.24) is 9.55 Å². The van der Waals surface area contributed by atoms with E-state index in [2.05, 4.69) is 45.2 Å². The fourth-order valence-electron chi connectivity index (χ4n) is 2.15. The Morgan fingerprint density at radius 3 is 2.67 bits per heavy atom. The molecule has 0 saturated carbocycles. The number of aromatic nitrogens is 2. The third-order valence-electron chi connectivity index (χ3n) is 3.03. The summed E-state index contributed by atoms with van der Waals surface area (Å²) in [5.41, 5.74) is 7.84. The van der Waals surface area contributed by atoms with Gasteiger partial charge in [-0.15, -0.1) is 0 Å². The number of hydrogen-bond donors (Lipinski definition) is 1. The van der Waals surface area contributed by atoms with Crippen molar-refractivity contribution in [3.63, 3.8) is 0 Å². The lowest BCUT2D eigenvalue weighted by Gasteiger charge is -2.11. The zero-order valence-electron chi connectivity index (χ0n) is 9.68. The minimum Gasteiger partial charge on any atom is -0.325 e. The summed E-state index contributed by atoms with van der Waals surface area (Å²) in [4.78, 5) is 4.17. The molecular formula is C14H12BrN3. The molecule has 0 radical (unpaired) electrons. The van der Waals surface area contributed by atoms with Crippen LogP contribution in [0.1, 0.15) is 5.69 Å². The van der Waals surface area contributed by atoms with Crippen molar-refractivity contribution in [2.75, 3.05) is 0 Å². The molecule has 0 atom stereocenters. The highest BCUT2D eigenvalue weighted by Crippen LogP contribution is 2.29. The standard InChI is InChI=1S/C14H12BrN3/c15-13-5-6-14(12-4-2-1-3-11(12)13)18-9-17-8-10(18)7-16/h1-6,8-9H,7,16H2. The molecule has 0 fully saturated rings. The molecule has 0 aliphatic heterocycles. The molecule has 0 unspecified atom stereocenters. The highest BCUT2D eigenvalue weighted by atomic mass is 79.9. The molecule has 1 heterocycles. The summed E-state index contributed by atoms with van der Waals surface area (Å²) in [5, 5.41) is 2.37. The average molecular weight is 302 g/mol. The maximum atomic E-state index is 5.74. The molecule has 3 aromatic rings. The van der Waals surface area contributed by atoms with Crippen molar-refractivity contribution >= 4 is 26.7 Å². The summed E-state index contributed by atoms with van der Waals surface area (Å²) in [6.45, 7) is 0.477. The van der Waals surface area contributed by atoms with Gasteiger partial charge in [-0.25, -0.2) is 4.98 Å². The molecule has 0 bridgehead atoms. The molecule has 2 aromatic carbocycles. The Morgan fingerprint density at radius 2 is 1.89 bits per heavy atom. The quantitative estimate of drug-likeness (QED) is 0.789. The van der Waals surface area contributed by atoms with E-state index in [0.717, 1.165) is 15.9 Å². The number of rotatable bonds is 2. The van der Waals surface area contributed by atoms with Gasteiger partial charge < -0.3 is 10.3 Å². The molecule has 0 aliphatic carbocycles. The van der Waals surface area contributed by atoms with Crippen LogP contribution in [-0.4, -0.2) is 9.55 Å². The van der Waals surface area contributed by atoms with Gasteiger partial charge in [0.2, 0.25) is 0 Å². The van der Waals surface area contributed by atoms with Crippen LogP contribution in [0.4, 0.5) is 0 Å². The van der Waals surface area contributed by atoms with Gasteiger partial charge in [0.15, 0.2) is 0 Å². The van der Waals surface area contributed by atoms with Gasteiger partial charge in [0.25, 0.3) is 0 Å². The van der Waals surface area contributed by atoms with E-state index in [-0.39, 0.29) is 0 Å². The molecule has 0 amide bonds. The number of hydrogen-bond acceptors (Lipinski definition) is 2. The SMILES string of the molecule is NCc1cncn1-c1ccc(Br)c2ccccc12. The fraction of sp³-hybridized carbons (Fsp3) is 0.0714. The second kappa shape index (κ2) is 4.55. The van der Waals surface area contributed by atoms with E-state index in [4.69, 9.17) is 5.73 Å². The number of halogens is 1. The Morgan fingerprint density at radius 1 is 1.11 bits per heavy atom. The number of benzene rings is 2. The van der Waals surface area contributed by atoms with Crippen LogP contribution in [0.3, 0.4) is 0 Å². The van der Waals surface area contributed by atoms with Gasteiger partial charge in [-0.2, -0.15) is 0 Å². The van der Waals surface area contributed by atoms with Gasteiger partial charge in [0, 0.05) is 22.6 Å². The van der Waals surface area contributed by atoms with Crippen LogP contribution in [0.2, 0.25) is 0 Å². The smallest absolute Gasteiger partial charge is 0.0994 e. The van der Waals surface area contributed by atoms with Gasteiger partial charge in [0.05, 0.1) is 17.7 Å². The summed E-state index contributed by atoms with van der Waals surface area (Å²) in [6, 6.07) is 12.4. The predicted octanol–water partition coefficient (Wildman–Crippen LogP) is 3.25. The van der Waals surface area contributed by atoms with E-state index in [0.29, 0.717) is 6.54 Å². The predicted molar refractivity (Wildman–Crippen MR) is 76.7 cm³/mol.